The van der Waals surface area contributed by atoms with E-state index in [0.29, 0.717) is 25.2 Å². The summed E-state index contributed by atoms with van der Waals surface area (Å²) in [5, 5.41) is 12.4. The van der Waals surface area contributed by atoms with Gasteiger partial charge in [-0.05, 0) is 30.7 Å². The summed E-state index contributed by atoms with van der Waals surface area (Å²) in [4.78, 5) is 11.6. The van der Waals surface area contributed by atoms with Crippen molar-refractivity contribution in [3.05, 3.63) is 54.5 Å². The van der Waals surface area contributed by atoms with E-state index in [1.165, 1.54) is 6.26 Å². The quantitative estimate of drug-likeness (QED) is 0.731. The Morgan fingerprint density at radius 1 is 1.24 bits per heavy atom. The molecule has 21 heavy (non-hydrogen) atoms. The summed E-state index contributed by atoms with van der Waals surface area (Å²) < 4.78 is 10.6. The first-order chi connectivity index (χ1) is 10.3. The van der Waals surface area contributed by atoms with Crippen LogP contribution in [-0.4, -0.2) is 24.2 Å². The lowest BCUT2D eigenvalue weighted by molar-refractivity contribution is -0.121. The number of aliphatic hydroxyl groups is 1. The molecule has 1 heterocycles. The zero-order chi connectivity index (χ0) is 14.9. The first kappa shape index (κ1) is 15.1. The van der Waals surface area contributed by atoms with E-state index in [2.05, 4.69) is 5.32 Å². The molecule has 1 atom stereocenters. The Bertz CT molecular complexity index is 524. The van der Waals surface area contributed by atoms with Gasteiger partial charge in [-0.25, -0.2) is 0 Å². The van der Waals surface area contributed by atoms with Crippen LogP contribution in [-0.2, 0) is 4.79 Å². The van der Waals surface area contributed by atoms with Crippen molar-refractivity contribution in [1.29, 1.82) is 0 Å². The van der Waals surface area contributed by atoms with Crippen molar-refractivity contribution in [1.82, 2.24) is 5.32 Å². The van der Waals surface area contributed by atoms with Crippen molar-refractivity contribution in [3.8, 4) is 5.75 Å². The molecule has 0 radical (unpaired) electrons. The van der Waals surface area contributed by atoms with Crippen LogP contribution in [0.1, 0.15) is 24.7 Å². The van der Waals surface area contributed by atoms with E-state index in [4.69, 9.17) is 9.15 Å². The number of hydrogen-bond acceptors (Lipinski definition) is 4. The van der Waals surface area contributed by atoms with E-state index in [9.17, 15) is 9.90 Å². The van der Waals surface area contributed by atoms with Gasteiger partial charge in [0.1, 0.15) is 17.6 Å². The van der Waals surface area contributed by atoms with E-state index < -0.39 is 6.10 Å². The number of amides is 1. The van der Waals surface area contributed by atoms with Crippen LogP contribution in [0.2, 0.25) is 0 Å². The molecule has 2 rings (SSSR count). The lowest BCUT2D eigenvalue weighted by Gasteiger charge is -2.10. The first-order valence-electron chi connectivity index (χ1n) is 6.92. The van der Waals surface area contributed by atoms with E-state index in [1.54, 1.807) is 12.1 Å². The Hall–Kier alpha value is -2.27. The number of hydrogen-bond donors (Lipinski definition) is 2. The molecule has 0 aliphatic heterocycles. The van der Waals surface area contributed by atoms with E-state index in [1.807, 2.05) is 30.3 Å². The number of benzene rings is 1. The third-order valence-corrected chi connectivity index (χ3v) is 2.92. The number of furan rings is 1. The summed E-state index contributed by atoms with van der Waals surface area (Å²) in [5.41, 5.74) is 0. The number of para-hydroxylation sites is 1. The highest BCUT2D eigenvalue weighted by molar-refractivity contribution is 5.75. The van der Waals surface area contributed by atoms with Gasteiger partial charge in [0.15, 0.2) is 0 Å². The average Bonchev–Trinajstić information content (AvgIpc) is 3.05. The standard InChI is InChI=1S/C16H19NO4/c18-14(15-8-4-11-21-15)12-17-16(19)9-5-10-20-13-6-2-1-3-7-13/h1-4,6-8,11,14,18H,5,9-10,12H2,(H,17,19). The van der Waals surface area contributed by atoms with Crippen molar-refractivity contribution in [2.45, 2.75) is 18.9 Å². The molecular weight excluding hydrogens is 270 g/mol. The molecule has 5 heteroatoms. The normalized spacial score (nSPS) is 11.9. The molecule has 0 bridgehead atoms. The van der Waals surface area contributed by atoms with Gasteiger partial charge in [0.2, 0.25) is 5.91 Å². The molecule has 0 spiro atoms. The van der Waals surface area contributed by atoms with E-state index >= 15 is 0 Å². The third-order valence-electron chi connectivity index (χ3n) is 2.92. The van der Waals surface area contributed by atoms with Gasteiger partial charge >= 0.3 is 0 Å². The van der Waals surface area contributed by atoms with Crippen LogP contribution in [0.25, 0.3) is 0 Å². The Morgan fingerprint density at radius 2 is 2.05 bits per heavy atom. The third kappa shape index (κ3) is 5.31. The summed E-state index contributed by atoms with van der Waals surface area (Å²) in [6.45, 7) is 0.629. The second-order valence-corrected chi connectivity index (χ2v) is 4.60. The maximum atomic E-state index is 11.6. The van der Waals surface area contributed by atoms with Crippen LogP contribution in [0.15, 0.2) is 53.1 Å². The highest BCUT2D eigenvalue weighted by Crippen LogP contribution is 2.12. The highest BCUT2D eigenvalue weighted by Gasteiger charge is 2.11. The summed E-state index contributed by atoms with van der Waals surface area (Å²) in [6.07, 6.45) is 1.65. The van der Waals surface area contributed by atoms with Gasteiger partial charge in [0, 0.05) is 6.42 Å². The van der Waals surface area contributed by atoms with Gasteiger partial charge in [-0.1, -0.05) is 18.2 Å². The minimum absolute atomic E-state index is 0.114. The monoisotopic (exact) mass is 289 g/mol. The van der Waals surface area contributed by atoms with Gasteiger partial charge in [0.25, 0.3) is 0 Å². The van der Waals surface area contributed by atoms with Crippen molar-refractivity contribution in [3.63, 3.8) is 0 Å². The number of aliphatic hydroxyl groups excluding tert-OH is 1. The zero-order valence-corrected chi connectivity index (χ0v) is 11.7. The van der Waals surface area contributed by atoms with Crippen molar-refractivity contribution in [2.24, 2.45) is 0 Å². The van der Waals surface area contributed by atoms with Crippen molar-refractivity contribution >= 4 is 5.91 Å². The number of carbonyl (C=O) groups excluding carboxylic acids is 1. The van der Waals surface area contributed by atoms with Gasteiger partial charge in [-0.15, -0.1) is 0 Å². The van der Waals surface area contributed by atoms with Crippen LogP contribution in [0.5, 0.6) is 5.75 Å². The molecular formula is C16H19NO4. The lowest BCUT2D eigenvalue weighted by Crippen LogP contribution is -2.28. The second kappa shape index (κ2) is 8.11. The molecule has 1 aromatic carbocycles. The fraction of sp³-hybridized carbons (Fsp3) is 0.312. The van der Waals surface area contributed by atoms with Crippen LogP contribution in [0.3, 0.4) is 0 Å². The van der Waals surface area contributed by atoms with E-state index in [-0.39, 0.29) is 12.5 Å². The largest absolute Gasteiger partial charge is 0.494 e. The maximum Gasteiger partial charge on any atom is 0.220 e. The van der Waals surface area contributed by atoms with Gasteiger partial charge in [-0.3, -0.25) is 4.79 Å². The van der Waals surface area contributed by atoms with Gasteiger partial charge < -0.3 is 19.6 Å². The molecule has 2 N–H and O–H groups in total. The summed E-state index contributed by atoms with van der Waals surface area (Å²) in [7, 11) is 0. The van der Waals surface area contributed by atoms with Crippen molar-refractivity contribution < 1.29 is 19.1 Å². The molecule has 0 aliphatic rings. The molecule has 112 valence electrons. The molecule has 2 aromatic rings. The minimum atomic E-state index is -0.815. The molecule has 5 nitrogen and oxygen atoms in total. The molecule has 0 fully saturated rings. The molecule has 1 amide bonds. The van der Waals surface area contributed by atoms with Crippen LogP contribution < -0.4 is 10.1 Å². The maximum absolute atomic E-state index is 11.6. The molecule has 0 saturated carbocycles. The Labute approximate surface area is 123 Å². The van der Waals surface area contributed by atoms with Crippen molar-refractivity contribution in [2.75, 3.05) is 13.2 Å². The molecule has 0 aliphatic carbocycles. The lowest BCUT2D eigenvalue weighted by atomic mass is 10.2. The van der Waals surface area contributed by atoms with Crippen LogP contribution in [0.4, 0.5) is 0 Å². The minimum Gasteiger partial charge on any atom is -0.494 e. The van der Waals surface area contributed by atoms with Gasteiger partial charge in [0.05, 0.1) is 19.4 Å². The predicted molar refractivity (Wildman–Crippen MR) is 77.8 cm³/mol. The fourth-order valence-corrected chi connectivity index (χ4v) is 1.82. The molecule has 1 unspecified atom stereocenters. The summed E-state index contributed by atoms with van der Waals surface area (Å²) in [6, 6.07) is 12.8. The Balaban J connectivity index is 1.57. The highest BCUT2D eigenvalue weighted by atomic mass is 16.5. The SMILES string of the molecule is O=C(CCCOc1ccccc1)NCC(O)c1ccco1. The molecule has 1 aromatic heterocycles. The van der Waals surface area contributed by atoms with Crippen LogP contribution >= 0.6 is 0 Å². The number of nitrogens with one attached hydrogen (secondary N) is 1. The first-order valence-corrected chi connectivity index (χ1v) is 6.92. The number of rotatable bonds is 8. The molecule has 0 saturated heterocycles. The smallest absolute Gasteiger partial charge is 0.220 e. The Kier molecular flexibility index (Phi) is 5.84. The summed E-state index contributed by atoms with van der Waals surface area (Å²) in [5.74, 6) is 1.13. The van der Waals surface area contributed by atoms with Crippen LogP contribution in [0, 0.1) is 0 Å². The van der Waals surface area contributed by atoms with Gasteiger partial charge in [-0.2, -0.15) is 0 Å². The predicted octanol–water partition coefficient (Wildman–Crippen LogP) is 2.29. The zero-order valence-electron chi connectivity index (χ0n) is 11.7. The number of ether oxygens (including phenoxy) is 1. The fourth-order valence-electron chi connectivity index (χ4n) is 1.82. The average molecular weight is 289 g/mol. The number of carbonyl (C=O) groups is 1. The van der Waals surface area contributed by atoms with E-state index in [0.717, 1.165) is 5.75 Å². The topological polar surface area (TPSA) is 71.7 Å². The second-order valence-electron chi connectivity index (χ2n) is 4.60. The summed E-state index contributed by atoms with van der Waals surface area (Å²) >= 11 is 0. The Morgan fingerprint density at radius 3 is 2.76 bits per heavy atom.